The molecule has 0 atom stereocenters. The Kier molecular flexibility index (Phi) is 5.30. The predicted molar refractivity (Wildman–Crippen MR) is 107 cm³/mol. The van der Waals surface area contributed by atoms with Gasteiger partial charge in [0.2, 0.25) is 5.91 Å². The normalized spacial score (nSPS) is 19.9. The number of carbonyl (C=O) groups excluding carboxylic acids is 1. The van der Waals surface area contributed by atoms with E-state index in [-0.39, 0.29) is 11.4 Å². The van der Waals surface area contributed by atoms with E-state index in [1.54, 1.807) is 0 Å². The van der Waals surface area contributed by atoms with Crippen LogP contribution in [0.1, 0.15) is 56.3 Å². The first-order valence-corrected chi connectivity index (χ1v) is 10.3. The van der Waals surface area contributed by atoms with Crippen molar-refractivity contribution in [2.45, 2.75) is 64.0 Å². The Bertz CT molecular complexity index is 768. The summed E-state index contributed by atoms with van der Waals surface area (Å²) < 4.78 is 2.06. The number of benzene rings is 1. The van der Waals surface area contributed by atoms with Crippen LogP contribution < -0.4 is 5.32 Å². The van der Waals surface area contributed by atoms with Crippen LogP contribution in [0.25, 0.3) is 5.69 Å². The quantitative estimate of drug-likeness (QED) is 0.880. The van der Waals surface area contributed by atoms with Crippen LogP contribution in [-0.2, 0) is 11.3 Å². The summed E-state index contributed by atoms with van der Waals surface area (Å²) in [5.41, 5.74) is 1.97. The Morgan fingerprint density at radius 3 is 2.41 bits per heavy atom. The van der Waals surface area contributed by atoms with E-state index in [2.05, 4.69) is 44.0 Å². The largest absolute Gasteiger partial charge is 0.350 e. The molecule has 1 saturated carbocycles. The summed E-state index contributed by atoms with van der Waals surface area (Å²) in [7, 11) is 0. The Hall–Kier alpha value is -2.14. The molecular weight excluding hydrogens is 336 g/mol. The molecule has 1 amide bonds. The molecule has 27 heavy (non-hydrogen) atoms. The fourth-order valence-electron chi connectivity index (χ4n) is 4.74. The summed E-state index contributed by atoms with van der Waals surface area (Å²) in [6.45, 7) is 4.74. The molecule has 4 rings (SSSR count). The van der Waals surface area contributed by atoms with Crippen molar-refractivity contribution in [3.63, 3.8) is 0 Å². The number of likely N-dealkylation sites (tertiary alicyclic amines) is 1. The number of aryl methyl sites for hydroxylation is 1. The van der Waals surface area contributed by atoms with Gasteiger partial charge in [-0.2, -0.15) is 0 Å². The monoisotopic (exact) mass is 366 g/mol. The number of carbonyl (C=O) groups is 1. The van der Waals surface area contributed by atoms with E-state index < -0.39 is 0 Å². The van der Waals surface area contributed by atoms with E-state index in [4.69, 9.17) is 0 Å². The van der Waals surface area contributed by atoms with Gasteiger partial charge in [0, 0.05) is 24.6 Å². The molecule has 1 aliphatic carbocycles. The number of aromatic nitrogens is 2. The molecule has 5 nitrogen and oxygen atoms in total. The van der Waals surface area contributed by atoms with Gasteiger partial charge in [0.25, 0.3) is 0 Å². The van der Waals surface area contributed by atoms with Crippen molar-refractivity contribution in [3.05, 3.63) is 48.0 Å². The molecule has 1 N–H and O–H groups in total. The maximum absolute atomic E-state index is 13.2. The lowest BCUT2D eigenvalue weighted by molar-refractivity contribution is -0.135. The lowest BCUT2D eigenvalue weighted by Crippen LogP contribution is -2.58. The van der Waals surface area contributed by atoms with Crippen molar-refractivity contribution in [3.8, 4) is 5.69 Å². The lowest BCUT2D eigenvalue weighted by Gasteiger charge is -2.43. The highest BCUT2D eigenvalue weighted by Crippen LogP contribution is 2.36. The van der Waals surface area contributed by atoms with Crippen LogP contribution in [0.5, 0.6) is 0 Å². The first kappa shape index (κ1) is 18.2. The zero-order valence-electron chi connectivity index (χ0n) is 16.3. The fourth-order valence-corrected chi connectivity index (χ4v) is 4.74. The first-order chi connectivity index (χ1) is 13.2. The van der Waals surface area contributed by atoms with E-state index >= 15 is 0 Å². The van der Waals surface area contributed by atoms with Crippen molar-refractivity contribution in [2.24, 2.45) is 0 Å². The third-order valence-corrected chi connectivity index (χ3v) is 6.31. The van der Waals surface area contributed by atoms with Crippen molar-refractivity contribution >= 4 is 5.91 Å². The molecule has 2 aromatic rings. The Balaban J connectivity index is 1.42. The smallest absolute Gasteiger partial charge is 0.240 e. The molecule has 0 radical (unpaired) electrons. The predicted octanol–water partition coefficient (Wildman–Crippen LogP) is 3.60. The van der Waals surface area contributed by atoms with Crippen LogP contribution in [0.4, 0.5) is 0 Å². The number of hydrogen-bond donors (Lipinski definition) is 1. The molecule has 1 aliphatic heterocycles. The molecule has 2 heterocycles. The van der Waals surface area contributed by atoms with Crippen LogP contribution in [0.15, 0.2) is 36.7 Å². The lowest BCUT2D eigenvalue weighted by atomic mass is 9.79. The Morgan fingerprint density at radius 2 is 1.78 bits per heavy atom. The third-order valence-electron chi connectivity index (χ3n) is 6.31. The average Bonchev–Trinajstić information content (AvgIpc) is 3.39. The van der Waals surface area contributed by atoms with Gasteiger partial charge in [0.1, 0.15) is 11.4 Å². The minimum Gasteiger partial charge on any atom is -0.350 e. The van der Waals surface area contributed by atoms with Crippen LogP contribution in [0.3, 0.4) is 0 Å². The highest BCUT2D eigenvalue weighted by Gasteiger charge is 2.45. The minimum absolute atomic E-state index is 0.235. The minimum atomic E-state index is -0.261. The maximum atomic E-state index is 13.2. The summed E-state index contributed by atoms with van der Waals surface area (Å²) in [5.74, 6) is 1.21. The molecule has 0 unspecified atom stereocenters. The van der Waals surface area contributed by atoms with Gasteiger partial charge in [-0.3, -0.25) is 9.69 Å². The second-order valence-electron chi connectivity index (χ2n) is 7.98. The van der Waals surface area contributed by atoms with Gasteiger partial charge in [-0.05, 0) is 63.4 Å². The van der Waals surface area contributed by atoms with E-state index in [0.717, 1.165) is 43.0 Å². The molecule has 1 saturated heterocycles. The molecular formula is C22H30N4O. The summed E-state index contributed by atoms with van der Waals surface area (Å²) in [6, 6.07) is 8.37. The second kappa shape index (κ2) is 7.85. The van der Waals surface area contributed by atoms with E-state index in [9.17, 15) is 4.79 Å². The van der Waals surface area contributed by atoms with Gasteiger partial charge in [-0.1, -0.05) is 31.4 Å². The number of hydrogen-bond acceptors (Lipinski definition) is 3. The number of amides is 1. The second-order valence-corrected chi connectivity index (χ2v) is 7.98. The average molecular weight is 367 g/mol. The zero-order valence-corrected chi connectivity index (χ0v) is 16.3. The Labute approximate surface area is 161 Å². The van der Waals surface area contributed by atoms with Crippen LogP contribution in [0.2, 0.25) is 0 Å². The van der Waals surface area contributed by atoms with Crippen LogP contribution in [0, 0.1) is 6.92 Å². The van der Waals surface area contributed by atoms with Crippen LogP contribution in [-0.4, -0.2) is 39.0 Å². The van der Waals surface area contributed by atoms with Crippen molar-refractivity contribution in [1.82, 2.24) is 19.8 Å². The maximum Gasteiger partial charge on any atom is 0.240 e. The highest BCUT2D eigenvalue weighted by atomic mass is 16.2. The summed E-state index contributed by atoms with van der Waals surface area (Å²) >= 11 is 0. The van der Waals surface area contributed by atoms with E-state index in [1.165, 1.54) is 32.1 Å². The van der Waals surface area contributed by atoms with Gasteiger partial charge < -0.3 is 9.88 Å². The third kappa shape index (κ3) is 3.65. The molecule has 0 spiro atoms. The van der Waals surface area contributed by atoms with Gasteiger partial charge in [-0.25, -0.2) is 4.98 Å². The van der Waals surface area contributed by atoms with Crippen molar-refractivity contribution < 1.29 is 4.79 Å². The summed E-state index contributed by atoms with van der Waals surface area (Å²) in [4.78, 5) is 20.0. The van der Waals surface area contributed by atoms with Gasteiger partial charge in [-0.15, -0.1) is 0 Å². The highest BCUT2D eigenvalue weighted by molar-refractivity contribution is 5.86. The van der Waals surface area contributed by atoms with E-state index in [0.29, 0.717) is 6.54 Å². The molecule has 2 aliphatic rings. The van der Waals surface area contributed by atoms with Gasteiger partial charge in [0.05, 0.1) is 0 Å². The fraction of sp³-hybridized carbons (Fsp3) is 0.545. The SMILES string of the molecule is Cc1nccn1-c1ccc(CNC(=O)C2(N3CCCC3)CCCCC2)cc1. The summed E-state index contributed by atoms with van der Waals surface area (Å²) in [6.07, 6.45) is 11.9. The zero-order chi connectivity index (χ0) is 18.7. The molecule has 2 fully saturated rings. The molecule has 144 valence electrons. The van der Waals surface area contributed by atoms with E-state index in [1.807, 2.05) is 19.3 Å². The van der Waals surface area contributed by atoms with Gasteiger partial charge in [0.15, 0.2) is 0 Å². The standard InChI is InChI=1S/C22H30N4O/c1-18-23-13-16-26(18)20-9-7-19(8-10-20)17-24-21(27)22(11-3-2-4-12-22)25-14-5-6-15-25/h7-10,13,16H,2-6,11-12,14-15,17H2,1H3,(H,24,27). The number of nitrogens with one attached hydrogen (secondary N) is 1. The van der Waals surface area contributed by atoms with Crippen LogP contribution >= 0.6 is 0 Å². The number of rotatable bonds is 5. The Morgan fingerprint density at radius 1 is 1.07 bits per heavy atom. The molecule has 0 bridgehead atoms. The summed E-state index contributed by atoms with van der Waals surface area (Å²) in [5, 5.41) is 3.25. The number of imidazole rings is 1. The first-order valence-electron chi connectivity index (χ1n) is 10.3. The number of nitrogens with zero attached hydrogens (tertiary/aromatic N) is 3. The van der Waals surface area contributed by atoms with Crippen molar-refractivity contribution in [1.29, 1.82) is 0 Å². The molecule has 5 heteroatoms. The topological polar surface area (TPSA) is 50.2 Å². The van der Waals surface area contributed by atoms with Gasteiger partial charge >= 0.3 is 0 Å². The molecule has 1 aromatic carbocycles. The van der Waals surface area contributed by atoms with Crippen molar-refractivity contribution in [2.75, 3.05) is 13.1 Å². The molecule has 1 aromatic heterocycles.